The molecule has 4 aromatic rings. The first-order chi connectivity index (χ1) is 21.8. The molecule has 46 heavy (non-hydrogen) atoms. The van der Waals surface area contributed by atoms with Gasteiger partial charge in [-0.3, -0.25) is 13.9 Å². The van der Waals surface area contributed by atoms with Gasteiger partial charge in [-0.25, -0.2) is 8.42 Å². The largest absolute Gasteiger partial charge is 0.497 e. The van der Waals surface area contributed by atoms with Crippen molar-refractivity contribution in [2.75, 3.05) is 18.0 Å². The second-order valence-electron chi connectivity index (χ2n) is 12.1. The van der Waals surface area contributed by atoms with E-state index >= 15 is 0 Å². The number of anilines is 1. The summed E-state index contributed by atoms with van der Waals surface area (Å²) in [5.41, 5.74) is 2.23. The third-order valence-electron chi connectivity index (χ3n) is 7.24. The van der Waals surface area contributed by atoms with Crippen LogP contribution in [0.25, 0.3) is 0 Å². The van der Waals surface area contributed by atoms with Gasteiger partial charge in [0.15, 0.2) is 0 Å². The molecule has 0 aliphatic heterocycles. The van der Waals surface area contributed by atoms with Crippen LogP contribution in [0, 0.1) is 6.92 Å². The minimum Gasteiger partial charge on any atom is -0.497 e. The molecule has 0 bridgehead atoms. The molecule has 0 aliphatic rings. The maximum absolute atomic E-state index is 14.6. The topological polar surface area (TPSA) is 96.0 Å². The summed E-state index contributed by atoms with van der Waals surface area (Å²) in [5, 5.41) is 3.04. The van der Waals surface area contributed by atoms with Crippen LogP contribution < -0.4 is 14.4 Å². The van der Waals surface area contributed by atoms with E-state index in [-0.39, 0.29) is 29.5 Å². The highest BCUT2D eigenvalue weighted by Crippen LogP contribution is 2.28. The van der Waals surface area contributed by atoms with E-state index in [1.165, 1.54) is 24.1 Å². The fraction of sp³-hybridized carbons (Fsp3) is 0.278. The van der Waals surface area contributed by atoms with Gasteiger partial charge in [0.05, 0.1) is 17.7 Å². The van der Waals surface area contributed by atoms with Crippen molar-refractivity contribution in [2.24, 2.45) is 0 Å². The van der Waals surface area contributed by atoms with Crippen molar-refractivity contribution in [3.05, 3.63) is 124 Å². The van der Waals surface area contributed by atoms with Crippen LogP contribution in [-0.2, 0) is 32.6 Å². The molecule has 0 aromatic heterocycles. The van der Waals surface area contributed by atoms with E-state index in [1.54, 1.807) is 36.4 Å². The Balaban J connectivity index is 1.83. The zero-order valence-corrected chi connectivity index (χ0v) is 29.1. The summed E-state index contributed by atoms with van der Waals surface area (Å²) in [6.07, 6.45) is 0.229. The van der Waals surface area contributed by atoms with E-state index in [0.717, 1.165) is 25.5 Å². The normalized spacial score (nSPS) is 12.2. The molecule has 1 atom stereocenters. The van der Waals surface area contributed by atoms with Crippen molar-refractivity contribution in [1.82, 2.24) is 10.2 Å². The van der Waals surface area contributed by atoms with E-state index in [0.29, 0.717) is 5.75 Å². The first-order valence-electron chi connectivity index (χ1n) is 14.9. The Bertz CT molecular complexity index is 1760. The number of halogens is 1. The van der Waals surface area contributed by atoms with Gasteiger partial charge in [0, 0.05) is 29.0 Å². The number of nitrogens with zero attached hydrogens (tertiary/aromatic N) is 2. The third-order valence-corrected chi connectivity index (χ3v) is 9.52. The SMILES string of the molecule is COc1cccc(N(CC(=O)N(Cc2cccc(Br)c2)[C@@H](Cc2ccccc2)C(=O)NC(C)(C)C)S(=O)(=O)c2ccc(C)cc2)c1. The quantitative estimate of drug-likeness (QED) is 0.181. The van der Waals surface area contributed by atoms with Crippen LogP contribution in [0.3, 0.4) is 0 Å². The molecule has 2 amide bonds. The molecular formula is C36H40BrN3O5S. The monoisotopic (exact) mass is 705 g/mol. The summed E-state index contributed by atoms with van der Waals surface area (Å²) in [4.78, 5) is 30.1. The van der Waals surface area contributed by atoms with Crippen molar-refractivity contribution in [3.63, 3.8) is 0 Å². The second-order valence-corrected chi connectivity index (χ2v) is 14.9. The lowest BCUT2D eigenvalue weighted by Gasteiger charge is -2.35. The summed E-state index contributed by atoms with van der Waals surface area (Å²) in [6, 6.07) is 29.0. The number of aryl methyl sites for hydroxylation is 1. The number of nitrogens with one attached hydrogen (secondary N) is 1. The van der Waals surface area contributed by atoms with Crippen molar-refractivity contribution >= 4 is 43.5 Å². The minimum absolute atomic E-state index is 0.0403. The molecule has 1 N–H and O–H groups in total. The Morgan fingerprint density at radius 2 is 1.52 bits per heavy atom. The predicted molar refractivity (Wildman–Crippen MR) is 185 cm³/mol. The summed E-state index contributed by atoms with van der Waals surface area (Å²) >= 11 is 3.51. The maximum atomic E-state index is 14.6. The Labute approximate surface area is 280 Å². The lowest BCUT2D eigenvalue weighted by Crippen LogP contribution is -2.56. The number of carbonyl (C=O) groups is 2. The summed E-state index contributed by atoms with van der Waals surface area (Å²) in [7, 11) is -2.72. The fourth-order valence-electron chi connectivity index (χ4n) is 4.97. The van der Waals surface area contributed by atoms with Crippen molar-refractivity contribution in [3.8, 4) is 5.75 Å². The predicted octanol–water partition coefficient (Wildman–Crippen LogP) is 6.52. The highest BCUT2D eigenvalue weighted by Gasteiger charge is 2.35. The van der Waals surface area contributed by atoms with Crippen molar-refractivity contribution < 1.29 is 22.7 Å². The summed E-state index contributed by atoms with van der Waals surface area (Å²) in [6.45, 7) is 7.03. The lowest BCUT2D eigenvalue weighted by atomic mass is 10.0. The number of rotatable bonds is 12. The number of methoxy groups -OCH3 is 1. The number of hydrogen-bond donors (Lipinski definition) is 1. The average molecular weight is 707 g/mol. The lowest BCUT2D eigenvalue weighted by molar-refractivity contribution is -0.140. The van der Waals surface area contributed by atoms with E-state index < -0.39 is 34.1 Å². The summed E-state index contributed by atoms with van der Waals surface area (Å²) in [5.74, 6) is -0.441. The molecule has 242 valence electrons. The molecule has 0 spiro atoms. The number of benzene rings is 4. The number of amides is 2. The molecule has 10 heteroatoms. The van der Waals surface area contributed by atoms with Crippen LogP contribution in [0.1, 0.15) is 37.5 Å². The molecule has 0 radical (unpaired) electrons. The molecule has 4 rings (SSSR count). The molecule has 0 aliphatic carbocycles. The zero-order chi connectivity index (χ0) is 33.5. The van der Waals surface area contributed by atoms with Crippen LogP contribution >= 0.6 is 15.9 Å². The first-order valence-corrected chi connectivity index (χ1v) is 17.1. The molecule has 0 heterocycles. The van der Waals surface area contributed by atoms with Crippen LogP contribution in [0.5, 0.6) is 5.75 Å². The fourth-order valence-corrected chi connectivity index (χ4v) is 6.82. The number of carbonyl (C=O) groups excluding carboxylic acids is 2. The van der Waals surface area contributed by atoms with Crippen LogP contribution in [-0.4, -0.2) is 50.4 Å². The highest BCUT2D eigenvalue weighted by atomic mass is 79.9. The van der Waals surface area contributed by atoms with Crippen molar-refractivity contribution in [1.29, 1.82) is 0 Å². The van der Waals surface area contributed by atoms with Gasteiger partial charge >= 0.3 is 0 Å². The second kappa shape index (κ2) is 15.0. The Morgan fingerprint density at radius 1 is 0.870 bits per heavy atom. The van der Waals surface area contributed by atoms with Crippen molar-refractivity contribution in [2.45, 2.75) is 57.1 Å². The Hall–Kier alpha value is -4.15. The molecule has 0 saturated carbocycles. The van der Waals surface area contributed by atoms with E-state index in [1.807, 2.05) is 82.3 Å². The Kier molecular flexibility index (Phi) is 11.3. The van der Waals surface area contributed by atoms with Gasteiger partial charge in [-0.2, -0.15) is 0 Å². The van der Waals surface area contributed by atoms with Gasteiger partial charge in [0.2, 0.25) is 11.8 Å². The van der Waals surface area contributed by atoms with Gasteiger partial charge in [0.25, 0.3) is 10.0 Å². The maximum Gasteiger partial charge on any atom is 0.264 e. The van der Waals surface area contributed by atoms with Gasteiger partial charge in [-0.05, 0) is 75.2 Å². The number of ether oxygens (including phenoxy) is 1. The smallest absolute Gasteiger partial charge is 0.264 e. The molecule has 0 saturated heterocycles. The first kappa shape index (κ1) is 34.7. The Morgan fingerprint density at radius 3 is 2.15 bits per heavy atom. The van der Waals surface area contributed by atoms with Crippen LogP contribution in [0.4, 0.5) is 5.69 Å². The molecule has 8 nitrogen and oxygen atoms in total. The van der Waals surface area contributed by atoms with Crippen LogP contribution in [0.2, 0.25) is 0 Å². The van der Waals surface area contributed by atoms with Gasteiger partial charge in [0.1, 0.15) is 18.3 Å². The number of hydrogen-bond acceptors (Lipinski definition) is 5. The highest BCUT2D eigenvalue weighted by molar-refractivity contribution is 9.10. The zero-order valence-electron chi connectivity index (χ0n) is 26.7. The molecule has 0 fully saturated rings. The third kappa shape index (κ3) is 9.20. The van der Waals surface area contributed by atoms with Gasteiger partial charge in [-0.15, -0.1) is 0 Å². The molecule has 0 unspecified atom stereocenters. The molecular weight excluding hydrogens is 666 g/mol. The van der Waals surface area contributed by atoms with Gasteiger partial charge < -0.3 is 15.0 Å². The van der Waals surface area contributed by atoms with Crippen LogP contribution in [0.15, 0.2) is 112 Å². The van der Waals surface area contributed by atoms with E-state index in [4.69, 9.17) is 4.74 Å². The van der Waals surface area contributed by atoms with E-state index in [9.17, 15) is 18.0 Å². The summed E-state index contributed by atoms with van der Waals surface area (Å²) < 4.78 is 35.7. The average Bonchev–Trinajstić information content (AvgIpc) is 3.01. The minimum atomic E-state index is -4.22. The number of sulfonamides is 1. The standard InChI is InChI=1S/C36H40BrN3O5S/c1-26-17-19-32(20-18-26)46(43,44)40(30-15-10-16-31(23-30)45-5)25-34(41)39(24-28-13-9-14-29(37)21-28)33(35(42)38-36(2,3)4)22-27-11-7-6-8-12-27/h6-21,23,33H,22,24-25H2,1-5H3,(H,38,42)/t33-/m0/s1. The van der Waals surface area contributed by atoms with Gasteiger partial charge in [-0.1, -0.05) is 82.2 Å². The molecule has 4 aromatic carbocycles. The van der Waals surface area contributed by atoms with E-state index in [2.05, 4.69) is 21.2 Å².